The van der Waals surface area contributed by atoms with Crippen LogP contribution in [0.15, 0.2) is 6.07 Å². The standard InChI is InChI=1S/C13H21ClN4O/c1-2-3-11-10-12(14)17-13(16-11)15-4-5-18-6-8-19-9-7-18/h10H,2-9H2,1H3,(H,15,16,17). The quantitative estimate of drug-likeness (QED) is 0.808. The number of hydrogen-bond acceptors (Lipinski definition) is 5. The van der Waals surface area contributed by atoms with Crippen molar-refractivity contribution in [3.8, 4) is 0 Å². The van der Waals surface area contributed by atoms with Crippen molar-refractivity contribution in [2.45, 2.75) is 19.8 Å². The molecule has 1 N–H and O–H groups in total. The van der Waals surface area contributed by atoms with Gasteiger partial charge >= 0.3 is 0 Å². The van der Waals surface area contributed by atoms with Gasteiger partial charge in [-0.25, -0.2) is 9.97 Å². The zero-order valence-corrected chi connectivity index (χ0v) is 12.1. The molecule has 0 atom stereocenters. The van der Waals surface area contributed by atoms with Crippen molar-refractivity contribution >= 4 is 17.5 Å². The first-order valence-corrected chi connectivity index (χ1v) is 7.23. The van der Waals surface area contributed by atoms with Gasteiger partial charge in [0.05, 0.1) is 13.2 Å². The molecule has 2 heterocycles. The molecule has 0 bridgehead atoms. The van der Waals surface area contributed by atoms with Crippen LogP contribution in [-0.2, 0) is 11.2 Å². The molecule has 19 heavy (non-hydrogen) atoms. The average Bonchev–Trinajstić information content (AvgIpc) is 2.40. The lowest BCUT2D eigenvalue weighted by molar-refractivity contribution is 0.0398. The average molecular weight is 285 g/mol. The minimum absolute atomic E-state index is 0.507. The molecule has 1 aliphatic rings. The Labute approximate surface area is 119 Å². The molecule has 0 aliphatic carbocycles. The zero-order valence-electron chi connectivity index (χ0n) is 11.4. The molecule has 0 spiro atoms. The molecule has 1 aromatic rings. The molecule has 0 unspecified atom stereocenters. The van der Waals surface area contributed by atoms with Gasteiger partial charge in [0, 0.05) is 31.9 Å². The highest BCUT2D eigenvalue weighted by Crippen LogP contribution is 2.11. The molecule has 5 nitrogen and oxygen atoms in total. The van der Waals surface area contributed by atoms with Crippen molar-refractivity contribution in [2.75, 3.05) is 44.7 Å². The molecule has 6 heteroatoms. The van der Waals surface area contributed by atoms with Gasteiger partial charge in [0.2, 0.25) is 5.95 Å². The fourth-order valence-corrected chi connectivity index (χ4v) is 2.28. The van der Waals surface area contributed by atoms with Crippen molar-refractivity contribution in [1.29, 1.82) is 0 Å². The van der Waals surface area contributed by atoms with E-state index < -0.39 is 0 Å². The van der Waals surface area contributed by atoms with Crippen LogP contribution in [-0.4, -0.2) is 54.3 Å². The number of aromatic nitrogens is 2. The van der Waals surface area contributed by atoms with Crippen LogP contribution in [0.25, 0.3) is 0 Å². The van der Waals surface area contributed by atoms with Gasteiger partial charge in [-0.15, -0.1) is 0 Å². The van der Waals surface area contributed by atoms with Gasteiger partial charge in [-0.3, -0.25) is 4.90 Å². The van der Waals surface area contributed by atoms with Crippen LogP contribution >= 0.6 is 11.6 Å². The van der Waals surface area contributed by atoms with Crippen LogP contribution < -0.4 is 5.32 Å². The Kier molecular flexibility index (Phi) is 5.82. The highest BCUT2D eigenvalue weighted by molar-refractivity contribution is 6.29. The lowest BCUT2D eigenvalue weighted by Gasteiger charge is -2.26. The van der Waals surface area contributed by atoms with Gasteiger partial charge < -0.3 is 10.1 Å². The molecule has 1 saturated heterocycles. The van der Waals surface area contributed by atoms with Crippen molar-refractivity contribution < 1.29 is 4.74 Å². The van der Waals surface area contributed by atoms with E-state index in [0.717, 1.165) is 57.9 Å². The molecule has 0 aromatic carbocycles. The molecule has 0 radical (unpaired) electrons. The normalized spacial score (nSPS) is 16.5. The van der Waals surface area contributed by atoms with Gasteiger partial charge in [0.1, 0.15) is 5.15 Å². The van der Waals surface area contributed by atoms with Gasteiger partial charge in [-0.05, 0) is 12.5 Å². The van der Waals surface area contributed by atoms with Crippen molar-refractivity contribution in [1.82, 2.24) is 14.9 Å². The smallest absolute Gasteiger partial charge is 0.224 e. The third-order valence-corrected chi connectivity index (χ3v) is 3.26. The lowest BCUT2D eigenvalue weighted by Crippen LogP contribution is -2.39. The lowest BCUT2D eigenvalue weighted by atomic mass is 10.2. The third-order valence-electron chi connectivity index (χ3n) is 3.07. The fourth-order valence-electron chi connectivity index (χ4n) is 2.08. The van der Waals surface area contributed by atoms with Gasteiger partial charge in [0.15, 0.2) is 0 Å². The van der Waals surface area contributed by atoms with E-state index in [1.807, 2.05) is 6.07 Å². The Bertz CT molecular complexity index is 396. The van der Waals surface area contributed by atoms with E-state index in [4.69, 9.17) is 16.3 Å². The number of rotatable bonds is 6. The summed E-state index contributed by atoms with van der Waals surface area (Å²) in [5, 5.41) is 3.75. The van der Waals surface area contributed by atoms with Crippen LogP contribution in [0.3, 0.4) is 0 Å². The molecule has 1 aliphatic heterocycles. The van der Waals surface area contributed by atoms with Crippen molar-refractivity contribution in [3.05, 3.63) is 16.9 Å². The summed E-state index contributed by atoms with van der Waals surface area (Å²) < 4.78 is 5.32. The van der Waals surface area contributed by atoms with E-state index in [2.05, 4.69) is 27.1 Å². The number of morpholine rings is 1. The largest absolute Gasteiger partial charge is 0.379 e. The molecule has 0 saturated carbocycles. The summed E-state index contributed by atoms with van der Waals surface area (Å²) in [5.74, 6) is 0.629. The number of nitrogens with one attached hydrogen (secondary N) is 1. The molecular weight excluding hydrogens is 264 g/mol. The van der Waals surface area contributed by atoms with Crippen molar-refractivity contribution in [3.63, 3.8) is 0 Å². The summed E-state index contributed by atoms with van der Waals surface area (Å²) in [5.41, 5.74) is 0.997. The second kappa shape index (κ2) is 7.62. The fraction of sp³-hybridized carbons (Fsp3) is 0.692. The number of anilines is 1. The Balaban J connectivity index is 1.81. The Morgan fingerprint density at radius 2 is 2.16 bits per heavy atom. The monoisotopic (exact) mass is 284 g/mol. The maximum absolute atomic E-state index is 6.00. The predicted octanol–water partition coefficient (Wildman–Crippen LogP) is 1.83. The minimum atomic E-state index is 0.507. The van der Waals surface area contributed by atoms with E-state index in [1.54, 1.807) is 0 Å². The van der Waals surface area contributed by atoms with E-state index in [9.17, 15) is 0 Å². The Hall–Kier alpha value is -0.910. The number of halogens is 1. The number of nitrogens with zero attached hydrogens (tertiary/aromatic N) is 3. The predicted molar refractivity (Wildman–Crippen MR) is 76.8 cm³/mol. The summed E-state index contributed by atoms with van der Waals surface area (Å²) in [6.45, 7) is 7.58. The van der Waals surface area contributed by atoms with Gasteiger partial charge in [-0.2, -0.15) is 0 Å². The minimum Gasteiger partial charge on any atom is -0.379 e. The second-order valence-electron chi connectivity index (χ2n) is 4.64. The molecule has 106 valence electrons. The first-order chi connectivity index (χ1) is 9.28. The van der Waals surface area contributed by atoms with Crippen LogP contribution in [0.4, 0.5) is 5.95 Å². The summed E-state index contributed by atoms with van der Waals surface area (Å²) in [6, 6.07) is 1.83. The van der Waals surface area contributed by atoms with E-state index >= 15 is 0 Å². The highest BCUT2D eigenvalue weighted by Gasteiger charge is 2.09. The second-order valence-corrected chi connectivity index (χ2v) is 5.02. The van der Waals surface area contributed by atoms with Crippen LogP contribution in [0.5, 0.6) is 0 Å². The maximum atomic E-state index is 6.00. The van der Waals surface area contributed by atoms with E-state index in [0.29, 0.717) is 11.1 Å². The Morgan fingerprint density at radius 3 is 2.89 bits per heavy atom. The van der Waals surface area contributed by atoms with Crippen LogP contribution in [0, 0.1) is 0 Å². The van der Waals surface area contributed by atoms with E-state index in [-0.39, 0.29) is 0 Å². The summed E-state index contributed by atoms with van der Waals surface area (Å²) in [7, 11) is 0. The van der Waals surface area contributed by atoms with Gasteiger partial charge in [-0.1, -0.05) is 24.9 Å². The molecular formula is C13H21ClN4O. The Morgan fingerprint density at radius 1 is 1.37 bits per heavy atom. The highest BCUT2D eigenvalue weighted by atomic mass is 35.5. The van der Waals surface area contributed by atoms with Gasteiger partial charge in [0.25, 0.3) is 0 Å². The number of ether oxygens (including phenoxy) is 1. The number of aryl methyl sites for hydroxylation is 1. The summed E-state index contributed by atoms with van der Waals surface area (Å²) in [4.78, 5) is 11.0. The number of hydrogen-bond donors (Lipinski definition) is 1. The van der Waals surface area contributed by atoms with E-state index in [1.165, 1.54) is 0 Å². The maximum Gasteiger partial charge on any atom is 0.224 e. The molecule has 1 fully saturated rings. The SMILES string of the molecule is CCCc1cc(Cl)nc(NCCN2CCOCC2)n1. The van der Waals surface area contributed by atoms with Crippen LogP contribution in [0.2, 0.25) is 5.15 Å². The third kappa shape index (κ3) is 4.93. The molecule has 1 aromatic heterocycles. The molecule has 0 amide bonds. The van der Waals surface area contributed by atoms with Crippen molar-refractivity contribution in [2.24, 2.45) is 0 Å². The zero-order chi connectivity index (χ0) is 13.5. The topological polar surface area (TPSA) is 50.3 Å². The first kappa shape index (κ1) is 14.5. The molecule has 2 rings (SSSR count). The summed E-state index contributed by atoms with van der Waals surface area (Å²) in [6.07, 6.45) is 1.99. The summed E-state index contributed by atoms with van der Waals surface area (Å²) >= 11 is 6.00. The van der Waals surface area contributed by atoms with Crippen LogP contribution in [0.1, 0.15) is 19.0 Å². The first-order valence-electron chi connectivity index (χ1n) is 6.85.